The summed E-state index contributed by atoms with van der Waals surface area (Å²) in [6.07, 6.45) is -2.72. The van der Waals surface area contributed by atoms with Crippen LogP contribution in [0.4, 0.5) is 13.2 Å². The first kappa shape index (κ1) is 15.8. The first-order valence-corrected chi connectivity index (χ1v) is 7.45. The van der Waals surface area contributed by atoms with Gasteiger partial charge in [-0.15, -0.1) is 0 Å². The number of hydrogen-bond donors (Lipinski definition) is 1. The summed E-state index contributed by atoms with van der Waals surface area (Å²) in [5.74, 6) is 0.723. The van der Waals surface area contributed by atoms with Crippen molar-refractivity contribution >= 4 is 0 Å². The average Bonchev–Trinajstić information content (AvgIpc) is 2.50. The van der Waals surface area contributed by atoms with Gasteiger partial charge in [-0.2, -0.15) is 13.2 Å². The molecule has 1 saturated carbocycles. The minimum Gasteiger partial charge on any atom is -0.491 e. The van der Waals surface area contributed by atoms with E-state index in [1.54, 1.807) is 30.3 Å². The van der Waals surface area contributed by atoms with Gasteiger partial charge in [-0.05, 0) is 30.9 Å². The Hall–Kier alpha value is -2.08. The lowest BCUT2D eigenvalue weighted by molar-refractivity contribution is -0.141. The molecule has 122 valence electrons. The topological polar surface area (TPSA) is 48.1 Å². The first-order valence-electron chi connectivity index (χ1n) is 7.45. The molecule has 23 heavy (non-hydrogen) atoms. The summed E-state index contributed by atoms with van der Waals surface area (Å²) in [6.45, 7) is 0.445. The van der Waals surface area contributed by atoms with Gasteiger partial charge >= 0.3 is 6.18 Å². The van der Waals surface area contributed by atoms with Gasteiger partial charge in [0, 0.05) is 11.6 Å². The fourth-order valence-corrected chi connectivity index (χ4v) is 2.65. The molecule has 0 amide bonds. The number of hydrogen-bond acceptors (Lipinski definition) is 3. The van der Waals surface area contributed by atoms with Crippen molar-refractivity contribution in [2.45, 2.75) is 25.1 Å². The Balaban J connectivity index is 1.88. The van der Waals surface area contributed by atoms with Crippen LogP contribution in [-0.2, 0) is 6.18 Å². The fraction of sp³-hybridized carbons (Fsp3) is 0.353. The van der Waals surface area contributed by atoms with E-state index in [9.17, 15) is 13.2 Å². The summed E-state index contributed by atoms with van der Waals surface area (Å²) in [7, 11) is 0. The fourth-order valence-electron chi connectivity index (χ4n) is 2.65. The molecule has 1 aromatic carbocycles. The summed E-state index contributed by atoms with van der Waals surface area (Å²) in [6, 6.07) is 11.3. The Kier molecular flexibility index (Phi) is 4.26. The molecule has 0 aliphatic heterocycles. The predicted molar refractivity (Wildman–Crippen MR) is 80.9 cm³/mol. The van der Waals surface area contributed by atoms with E-state index in [1.807, 2.05) is 0 Å². The van der Waals surface area contributed by atoms with Gasteiger partial charge in [0.1, 0.15) is 17.1 Å². The molecule has 3 nitrogen and oxygen atoms in total. The van der Waals surface area contributed by atoms with Crippen molar-refractivity contribution in [1.29, 1.82) is 0 Å². The molecule has 0 radical (unpaired) electrons. The van der Waals surface area contributed by atoms with E-state index in [0.29, 0.717) is 23.8 Å². The van der Waals surface area contributed by atoms with Crippen LogP contribution in [0.5, 0.6) is 5.75 Å². The van der Waals surface area contributed by atoms with Crippen molar-refractivity contribution < 1.29 is 17.9 Å². The van der Waals surface area contributed by atoms with Crippen LogP contribution in [0.3, 0.4) is 0 Å². The molecule has 1 aromatic heterocycles. The summed E-state index contributed by atoms with van der Waals surface area (Å²) < 4.78 is 44.5. The lowest BCUT2D eigenvalue weighted by Crippen LogP contribution is -2.39. The molecule has 1 aliphatic carbocycles. The quantitative estimate of drug-likeness (QED) is 0.929. The Morgan fingerprint density at radius 2 is 1.78 bits per heavy atom. The van der Waals surface area contributed by atoms with Crippen LogP contribution in [0.15, 0.2) is 42.5 Å². The van der Waals surface area contributed by atoms with Crippen molar-refractivity contribution in [3.05, 3.63) is 48.2 Å². The van der Waals surface area contributed by atoms with Crippen LogP contribution in [0.25, 0.3) is 11.3 Å². The number of ether oxygens (including phenoxy) is 1. The van der Waals surface area contributed by atoms with Crippen LogP contribution in [0.2, 0.25) is 0 Å². The van der Waals surface area contributed by atoms with E-state index in [-0.39, 0.29) is 11.7 Å². The predicted octanol–water partition coefficient (Wildman–Crippen LogP) is 3.88. The minimum absolute atomic E-state index is 0.211. The summed E-state index contributed by atoms with van der Waals surface area (Å²) in [4.78, 5) is 3.78. The normalized spacial score (nSPS) is 20.9. The number of benzene rings is 1. The SMILES string of the molecule is NC1CC(COc2ccc(C(F)(F)F)nc2-c2ccccc2)C1. The average molecular weight is 322 g/mol. The van der Waals surface area contributed by atoms with Gasteiger partial charge in [0.05, 0.1) is 6.61 Å². The van der Waals surface area contributed by atoms with E-state index < -0.39 is 11.9 Å². The maximum absolute atomic E-state index is 12.9. The molecule has 0 bridgehead atoms. The first-order chi connectivity index (χ1) is 10.9. The molecular weight excluding hydrogens is 305 g/mol. The molecule has 0 unspecified atom stereocenters. The number of aromatic nitrogens is 1. The molecule has 0 spiro atoms. The van der Waals surface area contributed by atoms with Gasteiger partial charge in [-0.25, -0.2) is 4.98 Å². The number of nitrogens with zero attached hydrogens (tertiary/aromatic N) is 1. The zero-order valence-electron chi connectivity index (χ0n) is 12.4. The highest BCUT2D eigenvalue weighted by Crippen LogP contribution is 2.35. The number of rotatable bonds is 4. The maximum atomic E-state index is 12.9. The van der Waals surface area contributed by atoms with Crippen LogP contribution < -0.4 is 10.5 Å². The van der Waals surface area contributed by atoms with E-state index >= 15 is 0 Å². The summed E-state index contributed by atoms with van der Waals surface area (Å²) in [5, 5.41) is 0. The minimum atomic E-state index is -4.48. The molecule has 2 N–H and O–H groups in total. The lowest BCUT2D eigenvalue weighted by atomic mass is 9.82. The van der Waals surface area contributed by atoms with Gasteiger partial charge in [0.25, 0.3) is 0 Å². The largest absolute Gasteiger partial charge is 0.491 e. The van der Waals surface area contributed by atoms with Crippen LogP contribution >= 0.6 is 0 Å². The van der Waals surface area contributed by atoms with Gasteiger partial charge in [0.2, 0.25) is 0 Å². The molecule has 0 saturated heterocycles. The van der Waals surface area contributed by atoms with Crippen molar-refractivity contribution in [2.24, 2.45) is 11.7 Å². The zero-order valence-corrected chi connectivity index (χ0v) is 12.4. The number of pyridine rings is 1. The smallest absolute Gasteiger partial charge is 0.433 e. The molecule has 3 rings (SSSR count). The third kappa shape index (κ3) is 3.64. The number of nitrogens with two attached hydrogens (primary N) is 1. The highest BCUT2D eigenvalue weighted by Gasteiger charge is 2.33. The second-order valence-electron chi connectivity index (χ2n) is 5.82. The number of halogens is 3. The Bertz CT molecular complexity index is 667. The molecule has 6 heteroatoms. The third-order valence-corrected chi connectivity index (χ3v) is 3.94. The van der Waals surface area contributed by atoms with E-state index in [4.69, 9.17) is 10.5 Å². The monoisotopic (exact) mass is 322 g/mol. The second kappa shape index (κ2) is 6.20. The van der Waals surface area contributed by atoms with E-state index in [2.05, 4.69) is 4.98 Å². The van der Waals surface area contributed by atoms with Crippen LogP contribution in [0, 0.1) is 5.92 Å². The highest BCUT2D eigenvalue weighted by atomic mass is 19.4. The van der Waals surface area contributed by atoms with Crippen LogP contribution in [0.1, 0.15) is 18.5 Å². The Labute approximate surface area is 132 Å². The summed E-state index contributed by atoms with van der Waals surface area (Å²) in [5.41, 5.74) is 5.62. The Morgan fingerprint density at radius 1 is 1.09 bits per heavy atom. The van der Waals surface area contributed by atoms with Gasteiger partial charge in [-0.1, -0.05) is 30.3 Å². The van der Waals surface area contributed by atoms with Crippen molar-refractivity contribution in [2.75, 3.05) is 6.61 Å². The lowest BCUT2D eigenvalue weighted by Gasteiger charge is -2.32. The van der Waals surface area contributed by atoms with Gasteiger partial charge in [0.15, 0.2) is 0 Å². The van der Waals surface area contributed by atoms with Crippen molar-refractivity contribution in [1.82, 2.24) is 4.98 Å². The van der Waals surface area contributed by atoms with E-state index in [1.165, 1.54) is 6.07 Å². The Morgan fingerprint density at radius 3 is 2.39 bits per heavy atom. The van der Waals surface area contributed by atoms with Crippen molar-refractivity contribution in [3.8, 4) is 17.0 Å². The molecule has 0 atom stereocenters. The molecular formula is C17H17F3N2O. The molecule has 1 fully saturated rings. The zero-order chi connectivity index (χ0) is 16.4. The standard InChI is InChI=1S/C17H17F3N2O/c18-17(19,20)15-7-6-14(23-10-11-8-13(21)9-11)16(22-15)12-4-2-1-3-5-12/h1-7,11,13H,8-10,21H2. The second-order valence-corrected chi connectivity index (χ2v) is 5.82. The number of alkyl halides is 3. The molecule has 2 aromatic rings. The highest BCUT2D eigenvalue weighted by molar-refractivity contribution is 5.66. The van der Waals surface area contributed by atoms with Gasteiger partial charge in [-0.3, -0.25) is 0 Å². The maximum Gasteiger partial charge on any atom is 0.433 e. The molecule has 1 aliphatic rings. The van der Waals surface area contributed by atoms with E-state index in [0.717, 1.165) is 18.9 Å². The van der Waals surface area contributed by atoms with Gasteiger partial charge < -0.3 is 10.5 Å². The third-order valence-electron chi connectivity index (χ3n) is 3.94. The summed E-state index contributed by atoms with van der Waals surface area (Å²) >= 11 is 0. The van der Waals surface area contributed by atoms with Crippen molar-refractivity contribution in [3.63, 3.8) is 0 Å². The molecule has 1 heterocycles. The van der Waals surface area contributed by atoms with Crippen LogP contribution in [-0.4, -0.2) is 17.6 Å².